The average molecular weight is 420 g/mol. The number of alkyl halides is 1. The Balaban J connectivity index is 2.05. The minimum Gasteiger partial charge on any atom is -0.350 e. The van der Waals surface area contributed by atoms with E-state index in [0.29, 0.717) is 33.9 Å². The molecule has 3 rings (SSSR count). The first kappa shape index (κ1) is 17.7. The van der Waals surface area contributed by atoms with Crippen LogP contribution in [0.2, 0.25) is 5.02 Å². The third kappa shape index (κ3) is 3.94. The highest BCUT2D eigenvalue weighted by Crippen LogP contribution is 2.31. The molecule has 0 radical (unpaired) electrons. The zero-order valence-corrected chi connectivity index (χ0v) is 15.7. The molecule has 0 aliphatic rings. The molecule has 1 heterocycles. The zero-order chi connectivity index (χ0) is 17.8. The molecule has 0 spiro atoms. The van der Waals surface area contributed by atoms with Gasteiger partial charge in [0.05, 0.1) is 5.69 Å². The first-order valence-corrected chi connectivity index (χ1v) is 9.37. The predicted octanol–water partition coefficient (Wildman–Crippen LogP) is 5.17. The maximum atomic E-state index is 12.9. The van der Waals surface area contributed by atoms with E-state index < -0.39 is 0 Å². The standard InChI is InChI=1S/C19H16BrClN2O2/c20-10-4-7-16(24)23-17-14-9-8-13(21)11-15(14)22-18(17)19(25)12-5-2-1-3-6-12/h1-3,5-6,8-9,11,22H,4,7,10H2,(H,23,24). The second kappa shape index (κ2) is 7.85. The Morgan fingerprint density at radius 1 is 1.12 bits per heavy atom. The Bertz CT molecular complexity index is 922. The summed E-state index contributed by atoms with van der Waals surface area (Å²) in [6.07, 6.45) is 1.10. The molecular weight excluding hydrogens is 404 g/mol. The van der Waals surface area contributed by atoms with Crippen molar-refractivity contribution < 1.29 is 9.59 Å². The summed E-state index contributed by atoms with van der Waals surface area (Å²) >= 11 is 9.37. The molecular formula is C19H16BrClN2O2. The lowest BCUT2D eigenvalue weighted by atomic mass is 10.1. The summed E-state index contributed by atoms with van der Waals surface area (Å²) in [6.45, 7) is 0. The minimum atomic E-state index is -0.177. The van der Waals surface area contributed by atoms with Crippen LogP contribution in [0.3, 0.4) is 0 Å². The van der Waals surface area contributed by atoms with Gasteiger partial charge in [-0.2, -0.15) is 0 Å². The summed E-state index contributed by atoms with van der Waals surface area (Å²) in [7, 11) is 0. The van der Waals surface area contributed by atoms with Crippen LogP contribution in [0.4, 0.5) is 5.69 Å². The van der Waals surface area contributed by atoms with Crippen LogP contribution in [0.25, 0.3) is 10.9 Å². The first-order chi connectivity index (χ1) is 12.1. The number of benzene rings is 2. The van der Waals surface area contributed by atoms with E-state index in [9.17, 15) is 9.59 Å². The summed E-state index contributed by atoms with van der Waals surface area (Å²) in [5.74, 6) is -0.305. The number of rotatable bonds is 6. The molecule has 1 aromatic heterocycles. The lowest BCUT2D eigenvalue weighted by Gasteiger charge is -2.07. The number of carbonyl (C=O) groups is 2. The summed E-state index contributed by atoms with van der Waals surface area (Å²) in [6, 6.07) is 14.2. The van der Waals surface area contributed by atoms with Gasteiger partial charge in [-0.1, -0.05) is 57.9 Å². The molecule has 1 amide bonds. The number of anilines is 1. The lowest BCUT2D eigenvalue weighted by molar-refractivity contribution is -0.116. The molecule has 0 atom stereocenters. The van der Waals surface area contributed by atoms with Gasteiger partial charge in [-0.25, -0.2) is 0 Å². The van der Waals surface area contributed by atoms with E-state index in [2.05, 4.69) is 26.2 Å². The second-order valence-corrected chi connectivity index (χ2v) is 6.83. The Hall–Kier alpha value is -2.11. The Labute approximate surface area is 158 Å². The fourth-order valence-electron chi connectivity index (χ4n) is 2.63. The summed E-state index contributed by atoms with van der Waals surface area (Å²) in [5, 5.41) is 4.95. The molecule has 6 heteroatoms. The van der Waals surface area contributed by atoms with Crippen LogP contribution in [0.1, 0.15) is 28.9 Å². The van der Waals surface area contributed by atoms with Crippen molar-refractivity contribution in [3.8, 4) is 0 Å². The maximum absolute atomic E-state index is 12.9. The first-order valence-electron chi connectivity index (χ1n) is 7.87. The molecule has 0 aliphatic heterocycles. The highest BCUT2D eigenvalue weighted by atomic mass is 79.9. The van der Waals surface area contributed by atoms with Crippen LogP contribution in [0.15, 0.2) is 48.5 Å². The van der Waals surface area contributed by atoms with E-state index in [4.69, 9.17) is 11.6 Å². The quantitative estimate of drug-likeness (QED) is 0.428. The van der Waals surface area contributed by atoms with Crippen molar-refractivity contribution in [1.82, 2.24) is 4.98 Å². The Morgan fingerprint density at radius 3 is 2.60 bits per heavy atom. The molecule has 128 valence electrons. The molecule has 0 aliphatic carbocycles. The van der Waals surface area contributed by atoms with Gasteiger partial charge in [-0.3, -0.25) is 9.59 Å². The number of hydrogen-bond acceptors (Lipinski definition) is 2. The number of hydrogen-bond donors (Lipinski definition) is 2. The number of H-pyrrole nitrogens is 1. The highest BCUT2D eigenvalue weighted by Gasteiger charge is 2.20. The number of amides is 1. The van der Waals surface area contributed by atoms with Crippen LogP contribution in [0, 0.1) is 0 Å². The maximum Gasteiger partial charge on any atom is 0.224 e. The molecule has 2 aromatic carbocycles. The van der Waals surface area contributed by atoms with Gasteiger partial charge >= 0.3 is 0 Å². The van der Waals surface area contributed by atoms with Gasteiger partial charge in [0.2, 0.25) is 11.7 Å². The molecule has 2 N–H and O–H groups in total. The summed E-state index contributed by atoms with van der Waals surface area (Å²) in [5.41, 5.74) is 2.12. The fraction of sp³-hybridized carbons (Fsp3) is 0.158. The van der Waals surface area contributed by atoms with Crippen molar-refractivity contribution >= 4 is 55.8 Å². The van der Waals surface area contributed by atoms with Gasteiger partial charge in [0.15, 0.2) is 0 Å². The smallest absolute Gasteiger partial charge is 0.224 e. The van der Waals surface area contributed by atoms with Crippen LogP contribution in [-0.2, 0) is 4.79 Å². The van der Waals surface area contributed by atoms with E-state index in [1.54, 1.807) is 42.5 Å². The van der Waals surface area contributed by atoms with Gasteiger partial charge in [-0.15, -0.1) is 0 Å². The number of ketones is 1. The van der Waals surface area contributed by atoms with Crippen molar-refractivity contribution in [1.29, 1.82) is 0 Å². The van der Waals surface area contributed by atoms with Crippen molar-refractivity contribution in [2.24, 2.45) is 0 Å². The molecule has 0 saturated heterocycles. The molecule has 4 nitrogen and oxygen atoms in total. The number of aromatic nitrogens is 1. The highest BCUT2D eigenvalue weighted by molar-refractivity contribution is 9.09. The zero-order valence-electron chi connectivity index (χ0n) is 13.3. The third-order valence-corrected chi connectivity index (χ3v) is 4.62. The van der Waals surface area contributed by atoms with Crippen molar-refractivity contribution in [3.05, 3.63) is 64.8 Å². The fourth-order valence-corrected chi connectivity index (χ4v) is 3.09. The van der Waals surface area contributed by atoms with Gasteiger partial charge in [-0.05, 0) is 24.6 Å². The van der Waals surface area contributed by atoms with Gasteiger partial charge in [0.1, 0.15) is 5.69 Å². The van der Waals surface area contributed by atoms with Crippen LogP contribution >= 0.6 is 27.5 Å². The molecule has 0 unspecified atom stereocenters. The molecule has 0 fully saturated rings. The van der Waals surface area contributed by atoms with Crippen molar-refractivity contribution in [3.63, 3.8) is 0 Å². The largest absolute Gasteiger partial charge is 0.350 e. The van der Waals surface area contributed by atoms with E-state index in [1.807, 2.05) is 6.07 Å². The Kier molecular flexibility index (Phi) is 5.56. The van der Waals surface area contributed by atoms with E-state index in [-0.39, 0.29) is 11.7 Å². The van der Waals surface area contributed by atoms with E-state index in [0.717, 1.165) is 17.1 Å². The van der Waals surface area contributed by atoms with Crippen LogP contribution in [0.5, 0.6) is 0 Å². The summed E-state index contributed by atoms with van der Waals surface area (Å²) < 4.78 is 0. The molecule has 0 bridgehead atoms. The topological polar surface area (TPSA) is 62.0 Å². The van der Waals surface area contributed by atoms with Gasteiger partial charge in [0, 0.05) is 33.2 Å². The monoisotopic (exact) mass is 418 g/mol. The lowest BCUT2D eigenvalue weighted by Crippen LogP contribution is -2.14. The second-order valence-electron chi connectivity index (χ2n) is 5.60. The Morgan fingerprint density at radius 2 is 1.88 bits per heavy atom. The van der Waals surface area contributed by atoms with Gasteiger partial charge < -0.3 is 10.3 Å². The van der Waals surface area contributed by atoms with Crippen molar-refractivity contribution in [2.45, 2.75) is 12.8 Å². The average Bonchev–Trinajstić information content (AvgIpc) is 2.97. The normalized spacial score (nSPS) is 10.8. The van der Waals surface area contributed by atoms with Crippen LogP contribution < -0.4 is 5.32 Å². The number of carbonyl (C=O) groups excluding carboxylic acids is 2. The van der Waals surface area contributed by atoms with E-state index >= 15 is 0 Å². The predicted molar refractivity (Wildman–Crippen MR) is 105 cm³/mol. The van der Waals surface area contributed by atoms with Crippen LogP contribution in [-0.4, -0.2) is 22.0 Å². The molecule has 25 heavy (non-hydrogen) atoms. The van der Waals surface area contributed by atoms with E-state index in [1.165, 1.54) is 0 Å². The number of halogens is 2. The van der Waals surface area contributed by atoms with Crippen molar-refractivity contribution in [2.75, 3.05) is 10.6 Å². The van der Waals surface area contributed by atoms with Gasteiger partial charge in [0.25, 0.3) is 0 Å². The minimum absolute atomic E-state index is 0.127. The third-order valence-electron chi connectivity index (χ3n) is 3.83. The number of nitrogens with one attached hydrogen (secondary N) is 2. The number of aromatic amines is 1. The SMILES string of the molecule is O=C(CCCBr)Nc1c(C(=O)c2ccccc2)[nH]c2cc(Cl)ccc12. The molecule has 0 saturated carbocycles. The summed E-state index contributed by atoms with van der Waals surface area (Å²) in [4.78, 5) is 28.2. The molecule has 3 aromatic rings. The number of fused-ring (bicyclic) bond motifs is 1.